The second-order valence-electron chi connectivity index (χ2n) is 7.71. The van der Waals surface area contributed by atoms with Crippen molar-refractivity contribution in [2.75, 3.05) is 34.5 Å². The van der Waals surface area contributed by atoms with Crippen molar-refractivity contribution in [3.63, 3.8) is 0 Å². The van der Waals surface area contributed by atoms with Gasteiger partial charge in [-0.25, -0.2) is 0 Å². The highest BCUT2D eigenvalue weighted by molar-refractivity contribution is 5.82. The summed E-state index contributed by atoms with van der Waals surface area (Å²) in [7, 11) is 4.57. The number of likely N-dealkylation sites (tertiary alicyclic amines) is 1. The zero-order chi connectivity index (χ0) is 20.8. The lowest BCUT2D eigenvalue weighted by Crippen LogP contribution is -2.50. The normalized spacial score (nSPS) is 21.1. The number of rotatable bonds is 7. The van der Waals surface area contributed by atoms with Crippen LogP contribution in [-0.4, -0.2) is 57.3 Å². The molecule has 0 aromatic heterocycles. The van der Waals surface area contributed by atoms with E-state index in [-0.39, 0.29) is 18.9 Å². The predicted octanol–water partition coefficient (Wildman–Crippen LogP) is 2.98. The first-order valence-corrected chi connectivity index (χ1v) is 10.3. The van der Waals surface area contributed by atoms with E-state index in [1.54, 1.807) is 12.1 Å². The molecule has 0 radical (unpaired) electrons. The van der Waals surface area contributed by atoms with E-state index in [1.807, 2.05) is 4.90 Å². The molecule has 3 rings (SSSR count). The molecule has 1 aliphatic carbocycles. The Morgan fingerprint density at radius 2 is 1.62 bits per heavy atom. The van der Waals surface area contributed by atoms with Crippen molar-refractivity contribution >= 4 is 11.9 Å². The van der Waals surface area contributed by atoms with Gasteiger partial charge in [-0.3, -0.25) is 9.59 Å². The van der Waals surface area contributed by atoms with Crippen molar-refractivity contribution in [1.29, 1.82) is 0 Å². The van der Waals surface area contributed by atoms with Gasteiger partial charge in [0.05, 0.1) is 27.8 Å². The van der Waals surface area contributed by atoms with Crippen molar-refractivity contribution in [3.05, 3.63) is 17.7 Å². The number of hydrogen-bond acceptors (Lipinski definition) is 6. The van der Waals surface area contributed by atoms with Gasteiger partial charge in [0.1, 0.15) is 0 Å². The summed E-state index contributed by atoms with van der Waals surface area (Å²) in [5, 5.41) is 0. The second kappa shape index (κ2) is 9.85. The van der Waals surface area contributed by atoms with Crippen molar-refractivity contribution < 1.29 is 28.5 Å². The summed E-state index contributed by atoms with van der Waals surface area (Å²) >= 11 is 0. The summed E-state index contributed by atoms with van der Waals surface area (Å²) in [6, 6.07) is 3.74. The van der Waals surface area contributed by atoms with Gasteiger partial charge in [-0.1, -0.05) is 12.8 Å². The maximum atomic E-state index is 12.7. The quantitative estimate of drug-likeness (QED) is 0.650. The smallest absolute Gasteiger partial charge is 0.310 e. The molecule has 1 aliphatic heterocycles. The van der Waals surface area contributed by atoms with Gasteiger partial charge in [0.25, 0.3) is 5.91 Å². The Morgan fingerprint density at radius 1 is 0.966 bits per heavy atom. The van der Waals surface area contributed by atoms with Crippen LogP contribution in [0.1, 0.15) is 44.1 Å². The average Bonchev–Trinajstić information content (AvgIpc) is 2.76. The molecule has 1 heterocycles. The van der Waals surface area contributed by atoms with E-state index in [0.29, 0.717) is 34.8 Å². The fourth-order valence-corrected chi connectivity index (χ4v) is 4.61. The zero-order valence-electron chi connectivity index (χ0n) is 17.6. The topological polar surface area (TPSA) is 74.3 Å². The van der Waals surface area contributed by atoms with Crippen LogP contribution in [0.4, 0.5) is 0 Å². The molecule has 0 N–H and O–H groups in total. The summed E-state index contributed by atoms with van der Waals surface area (Å²) in [6.45, 7) is 0.566. The van der Waals surface area contributed by atoms with Crippen LogP contribution in [0.25, 0.3) is 0 Å². The van der Waals surface area contributed by atoms with Gasteiger partial charge in [0.2, 0.25) is 5.75 Å². The van der Waals surface area contributed by atoms with E-state index < -0.39 is 5.97 Å². The molecule has 1 amide bonds. The molecule has 1 aromatic carbocycles. The van der Waals surface area contributed by atoms with Crippen molar-refractivity contribution in [2.45, 2.75) is 51.0 Å². The van der Waals surface area contributed by atoms with E-state index >= 15 is 0 Å². The highest BCUT2D eigenvalue weighted by Crippen LogP contribution is 2.38. The minimum absolute atomic E-state index is 0.0239. The lowest BCUT2D eigenvalue weighted by molar-refractivity contribution is -0.154. The van der Waals surface area contributed by atoms with Crippen LogP contribution in [-0.2, 0) is 20.7 Å². The summed E-state index contributed by atoms with van der Waals surface area (Å²) < 4.78 is 21.2. The number of ether oxygens (including phenoxy) is 4. The first kappa shape index (κ1) is 21.3. The largest absolute Gasteiger partial charge is 0.493 e. The third-order valence-corrected chi connectivity index (χ3v) is 5.99. The van der Waals surface area contributed by atoms with Crippen molar-refractivity contribution in [1.82, 2.24) is 4.90 Å². The number of methoxy groups -OCH3 is 3. The lowest BCUT2D eigenvalue weighted by atomic mass is 9.78. The molecule has 7 nitrogen and oxygen atoms in total. The van der Waals surface area contributed by atoms with Crippen LogP contribution in [0.5, 0.6) is 17.2 Å². The van der Waals surface area contributed by atoms with Crippen LogP contribution < -0.4 is 14.2 Å². The fourth-order valence-electron chi connectivity index (χ4n) is 4.61. The number of carbonyl (C=O) groups excluding carboxylic acids is 2. The summed E-state index contributed by atoms with van der Waals surface area (Å²) in [5.41, 5.74) is 0.669. The summed E-state index contributed by atoms with van der Waals surface area (Å²) in [5.74, 6) is 1.49. The highest BCUT2D eigenvalue weighted by Gasteiger charge is 2.35. The summed E-state index contributed by atoms with van der Waals surface area (Å²) in [4.78, 5) is 27.0. The molecular weight excluding hydrogens is 374 g/mol. The Labute approximate surface area is 172 Å². The van der Waals surface area contributed by atoms with Gasteiger partial charge in [-0.15, -0.1) is 0 Å². The maximum absolute atomic E-state index is 12.7. The minimum atomic E-state index is -0.454. The Balaban J connectivity index is 1.57. The van der Waals surface area contributed by atoms with E-state index in [0.717, 1.165) is 19.4 Å². The average molecular weight is 405 g/mol. The third kappa shape index (κ3) is 4.95. The zero-order valence-corrected chi connectivity index (χ0v) is 17.6. The molecule has 7 heteroatoms. The van der Waals surface area contributed by atoms with E-state index in [2.05, 4.69) is 0 Å². The fraction of sp³-hybridized carbons (Fsp3) is 0.636. The maximum Gasteiger partial charge on any atom is 0.310 e. The van der Waals surface area contributed by atoms with E-state index in [4.69, 9.17) is 18.9 Å². The molecule has 2 fully saturated rings. The molecule has 29 heavy (non-hydrogen) atoms. The number of nitrogens with zero attached hydrogens (tertiary/aromatic N) is 1. The molecule has 1 saturated heterocycles. The van der Waals surface area contributed by atoms with E-state index in [9.17, 15) is 9.59 Å². The molecule has 160 valence electrons. The number of carbonyl (C=O) groups is 2. The molecular formula is C22H31NO6. The summed E-state index contributed by atoms with van der Waals surface area (Å²) in [6.07, 6.45) is 6.96. The number of benzene rings is 1. The number of esters is 1. The first-order chi connectivity index (χ1) is 14.1. The van der Waals surface area contributed by atoms with Crippen LogP contribution in [0.2, 0.25) is 0 Å². The standard InChI is InChI=1S/C22H31NO6/c1-26-18-11-15(12-19(27-2)22(18)28-3)13-21(25)29-14-20(24)23-10-6-8-16-7-4-5-9-17(16)23/h11-12,16-17H,4-10,13-14H2,1-3H3/t16-,17+/m1/s1. The Kier molecular flexibility index (Phi) is 7.23. The molecule has 2 atom stereocenters. The van der Waals surface area contributed by atoms with Crippen molar-refractivity contribution in [3.8, 4) is 17.2 Å². The molecule has 1 aromatic rings. The number of hydrogen-bond donors (Lipinski definition) is 0. The predicted molar refractivity (Wildman–Crippen MR) is 107 cm³/mol. The SMILES string of the molecule is COc1cc(CC(=O)OCC(=O)N2CCC[C@H]3CCCC[C@@H]32)cc(OC)c1OC. The van der Waals surface area contributed by atoms with Gasteiger partial charge >= 0.3 is 5.97 Å². The van der Waals surface area contributed by atoms with Gasteiger partial charge < -0.3 is 23.8 Å². The molecule has 1 saturated carbocycles. The van der Waals surface area contributed by atoms with Crippen LogP contribution in [0, 0.1) is 5.92 Å². The van der Waals surface area contributed by atoms with Crippen molar-refractivity contribution in [2.24, 2.45) is 5.92 Å². The lowest BCUT2D eigenvalue weighted by Gasteiger charge is -2.44. The third-order valence-electron chi connectivity index (χ3n) is 5.99. The molecule has 0 unspecified atom stereocenters. The van der Waals surface area contributed by atoms with E-state index in [1.165, 1.54) is 47.0 Å². The molecule has 0 spiro atoms. The molecule has 0 bridgehead atoms. The first-order valence-electron chi connectivity index (χ1n) is 10.3. The van der Waals surface area contributed by atoms with Gasteiger partial charge in [-0.2, -0.15) is 0 Å². The number of amides is 1. The number of fused-ring (bicyclic) bond motifs is 1. The Bertz CT molecular complexity index is 707. The van der Waals surface area contributed by atoms with Crippen LogP contribution in [0.15, 0.2) is 12.1 Å². The monoisotopic (exact) mass is 405 g/mol. The Hall–Kier alpha value is -2.44. The second-order valence-corrected chi connectivity index (χ2v) is 7.71. The van der Waals surface area contributed by atoms with Gasteiger partial charge in [0, 0.05) is 12.6 Å². The molecule has 2 aliphatic rings. The minimum Gasteiger partial charge on any atom is -0.493 e. The number of piperidine rings is 1. The Morgan fingerprint density at radius 3 is 2.28 bits per heavy atom. The van der Waals surface area contributed by atoms with Gasteiger partial charge in [0.15, 0.2) is 18.1 Å². The van der Waals surface area contributed by atoms with Crippen LogP contribution in [0.3, 0.4) is 0 Å². The van der Waals surface area contributed by atoms with Gasteiger partial charge in [-0.05, 0) is 49.3 Å². The highest BCUT2D eigenvalue weighted by atomic mass is 16.5. The van der Waals surface area contributed by atoms with Crippen LogP contribution >= 0.6 is 0 Å².